The Hall–Kier alpha value is -1.99. The number of hydrogen-bond donors (Lipinski definition) is 7. The van der Waals surface area contributed by atoms with E-state index in [0.29, 0.717) is 0 Å². The van der Waals surface area contributed by atoms with Crippen molar-refractivity contribution in [3.63, 3.8) is 0 Å². The Morgan fingerprint density at radius 1 is 1.46 bits per heavy atom. The van der Waals surface area contributed by atoms with Gasteiger partial charge in [0.2, 0.25) is 5.91 Å². The van der Waals surface area contributed by atoms with Crippen molar-refractivity contribution in [2.45, 2.75) is 42.7 Å². The van der Waals surface area contributed by atoms with Gasteiger partial charge in [0.15, 0.2) is 0 Å². The average Bonchev–Trinajstić information content (AvgIpc) is 2.53. The Morgan fingerprint density at radius 2 is 2.08 bits per heavy atom. The van der Waals surface area contributed by atoms with Crippen LogP contribution in [0.3, 0.4) is 0 Å². The Labute approximate surface area is 134 Å². The monoisotopic (exact) mass is 350 g/mol. The smallest absolute Gasteiger partial charge is 0.364 e. The number of carboxylic acids is 1. The summed E-state index contributed by atoms with van der Waals surface area (Å²) >= 11 is 0. The maximum Gasteiger partial charge on any atom is 0.364 e. The lowest BCUT2D eigenvalue weighted by Gasteiger charge is -2.44. The molecule has 0 radical (unpaired) electrons. The van der Waals surface area contributed by atoms with Crippen molar-refractivity contribution < 1.29 is 45.0 Å². The molecule has 3 unspecified atom stereocenters. The summed E-state index contributed by atoms with van der Waals surface area (Å²) in [5.74, 6) is -5.60. The summed E-state index contributed by atoms with van der Waals surface area (Å²) in [6.45, 7) is -1.57. The summed E-state index contributed by atoms with van der Waals surface area (Å²) in [6.07, 6.45) is -8.03. The molecule has 1 aliphatic heterocycles. The molecular formula is C11H18N4O9. The largest absolute Gasteiger partial charge is 0.477 e. The van der Waals surface area contributed by atoms with Crippen LogP contribution >= 0.6 is 0 Å². The lowest BCUT2D eigenvalue weighted by molar-refractivity contribution is -0.295. The molecule has 1 amide bonds. The highest BCUT2D eigenvalue weighted by Crippen LogP contribution is 2.30. The SMILES string of the molecule is [N-]=[N+]=NCC(=O)N[C@@H]1[C@@H](O)CC(O)(C(=O)O)O[C@H]1C(O)C(O)CO. The van der Waals surface area contributed by atoms with Crippen LogP contribution in [0.15, 0.2) is 5.11 Å². The van der Waals surface area contributed by atoms with Crippen LogP contribution < -0.4 is 5.32 Å². The van der Waals surface area contributed by atoms with Crippen molar-refractivity contribution in [2.75, 3.05) is 13.2 Å². The molecule has 0 saturated carbocycles. The summed E-state index contributed by atoms with van der Waals surface area (Å²) < 4.78 is 4.87. The van der Waals surface area contributed by atoms with Gasteiger partial charge in [-0.25, -0.2) is 4.79 Å². The highest BCUT2D eigenvalue weighted by Gasteiger charge is 2.53. The highest BCUT2D eigenvalue weighted by molar-refractivity contribution is 5.79. The molecule has 0 aliphatic carbocycles. The van der Waals surface area contributed by atoms with Gasteiger partial charge < -0.3 is 40.7 Å². The molecule has 1 aliphatic rings. The Balaban J connectivity index is 3.06. The van der Waals surface area contributed by atoms with Crippen LogP contribution in [-0.2, 0) is 14.3 Å². The molecule has 13 heteroatoms. The van der Waals surface area contributed by atoms with Gasteiger partial charge in [-0.1, -0.05) is 5.11 Å². The number of nitrogens with one attached hydrogen (secondary N) is 1. The number of rotatable bonds is 7. The number of hydrogen-bond acceptors (Lipinski definition) is 9. The summed E-state index contributed by atoms with van der Waals surface area (Å²) in [7, 11) is 0. The second kappa shape index (κ2) is 8.21. The number of aliphatic hydroxyl groups excluding tert-OH is 4. The third-order valence-corrected chi connectivity index (χ3v) is 3.44. The van der Waals surface area contributed by atoms with E-state index >= 15 is 0 Å². The van der Waals surface area contributed by atoms with E-state index < -0.39 is 67.7 Å². The number of aliphatic hydroxyl groups is 5. The minimum Gasteiger partial charge on any atom is -0.477 e. The number of ether oxygens (including phenoxy) is 1. The quantitative estimate of drug-likeness (QED) is 0.137. The number of nitrogens with zero attached hydrogens (tertiary/aromatic N) is 3. The lowest BCUT2D eigenvalue weighted by Crippen LogP contribution is -2.67. The molecule has 136 valence electrons. The van der Waals surface area contributed by atoms with Crippen LogP contribution in [-0.4, -0.2) is 91.9 Å². The predicted octanol–water partition coefficient (Wildman–Crippen LogP) is -3.58. The normalized spacial score (nSPS) is 32.3. The van der Waals surface area contributed by atoms with E-state index in [2.05, 4.69) is 15.3 Å². The van der Waals surface area contributed by atoms with E-state index in [-0.39, 0.29) is 0 Å². The second-order valence-corrected chi connectivity index (χ2v) is 5.17. The molecule has 24 heavy (non-hydrogen) atoms. The molecule has 13 nitrogen and oxygen atoms in total. The second-order valence-electron chi connectivity index (χ2n) is 5.17. The topological polar surface area (TPSA) is 226 Å². The van der Waals surface area contributed by atoms with E-state index in [1.165, 1.54) is 0 Å². The zero-order valence-corrected chi connectivity index (χ0v) is 12.3. The first-order chi connectivity index (χ1) is 11.2. The van der Waals surface area contributed by atoms with Crippen LogP contribution in [0, 0.1) is 0 Å². The highest BCUT2D eigenvalue weighted by atomic mass is 16.7. The number of amides is 1. The summed E-state index contributed by atoms with van der Waals surface area (Å²) in [6, 6.07) is -1.44. The van der Waals surface area contributed by atoms with E-state index in [0.717, 1.165) is 0 Å². The van der Waals surface area contributed by atoms with E-state index in [9.17, 15) is 30.0 Å². The van der Waals surface area contributed by atoms with Crippen LogP contribution in [0.4, 0.5) is 0 Å². The van der Waals surface area contributed by atoms with E-state index in [1.54, 1.807) is 0 Å². The summed E-state index contributed by atoms with van der Waals surface area (Å²) in [4.78, 5) is 25.0. The van der Waals surface area contributed by atoms with Gasteiger partial charge in [-0.2, -0.15) is 0 Å². The first-order valence-corrected chi connectivity index (χ1v) is 6.75. The van der Waals surface area contributed by atoms with Gasteiger partial charge >= 0.3 is 5.97 Å². The van der Waals surface area contributed by atoms with Crippen molar-refractivity contribution >= 4 is 11.9 Å². The maximum absolute atomic E-state index is 11.6. The number of carbonyl (C=O) groups excluding carboxylic acids is 1. The van der Waals surface area contributed by atoms with Crippen molar-refractivity contribution in [3.05, 3.63) is 10.4 Å². The van der Waals surface area contributed by atoms with Crippen LogP contribution in [0.5, 0.6) is 0 Å². The first kappa shape index (κ1) is 20.1. The number of aliphatic carboxylic acids is 1. The molecule has 6 atom stereocenters. The number of azide groups is 1. The van der Waals surface area contributed by atoms with Gasteiger partial charge in [-0.05, 0) is 5.53 Å². The van der Waals surface area contributed by atoms with Gasteiger partial charge in [-0.3, -0.25) is 4.79 Å². The molecule has 0 aromatic rings. The zero-order valence-electron chi connectivity index (χ0n) is 12.3. The minimum atomic E-state index is -2.87. The molecule has 1 fully saturated rings. The average molecular weight is 350 g/mol. The van der Waals surface area contributed by atoms with Gasteiger partial charge in [0.1, 0.15) is 24.9 Å². The Morgan fingerprint density at radius 3 is 2.58 bits per heavy atom. The molecule has 7 N–H and O–H groups in total. The number of carboxylic acid groups (broad SMARTS) is 1. The minimum absolute atomic E-state index is 0.645. The standard InChI is InChI=1S/C11H18N4O9/c12-15-13-2-6(19)14-7-4(17)1-11(23,10(21)22)24-9(7)8(20)5(18)3-16/h4-5,7-9,16-18,20,23H,1-3H2,(H,14,19)(H,21,22)/t4-,5?,7+,8?,9+,11?/m0/s1. The Kier molecular flexibility index (Phi) is 6.86. The zero-order chi connectivity index (χ0) is 18.5. The van der Waals surface area contributed by atoms with Gasteiger partial charge in [-0.15, -0.1) is 0 Å². The van der Waals surface area contributed by atoms with Crippen LogP contribution in [0.2, 0.25) is 0 Å². The third-order valence-electron chi connectivity index (χ3n) is 3.44. The van der Waals surface area contributed by atoms with Gasteiger partial charge in [0.05, 0.1) is 18.8 Å². The molecule has 1 saturated heterocycles. The van der Waals surface area contributed by atoms with Gasteiger partial charge in [0, 0.05) is 11.3 Å². The Bertz CT molecular complexity index is 526. The van der Waals surface area contributed by atoms with Crippen molar-refractivity contribution in [1.82, 2.24) is 5.32 Å². The van der Waals surface area contributed by atoms with Crippen molar-refractivity contribution in [1.29, 1.82) is 0 Å². The fraction of sp³-hybridized carbons (Fsp3) is 0.818. The van der Waals surface area contributed by atoms with Gasteiger partial charge in [0.25, 0.3) is 5.79 Å². The van der Waals surface area contributed by atoms with E-state index in [1.807, 2.05) is 0 Å². The predicted molar refractivity (Wildman–Crippen MR) is 73.1 cm³/mol. The van der Waals surface area contributed by atoms with Crippen molar-refractivity contribution in [3.8, 4) is 0 Å². The van der Waals surface area contributed by atoms with Crippen LogP contribution in [0.1, 0.15) is 6.42 Å². The van der Waals surface area contributed by atoms with Crippen LogP contribution in [0.25, 0.3) is 10.4 Å². The molecule has 0 bridgehead atoms. The summed E-state index contributed by atoms with van der Waals surface area (Å²) in [5.41, 5.74) is 8.15. The molecule has 1 heterocycles. The molecule has 0 aromatic carbocycles. The molecule has 1 rings (SSSR count). The van der Waals surface area contributed by atoms with Crippen molar-refractivity contribution in [2.24, 2.45) is 5.11 Å². The first-order valence-electron chi connectivity index (χ1n) is 6.75. The molecule has 0 aromatic heterocycles. The lowest BCUT2D eigenvalue weighted by atomic mass is 9.88. The summed E-state index contributed by atoms with van der Waals surface area (Å²) in [5, 5.41) is 62.3. The molecular weight excluding hydrogens is 332 g/mol. The third kappa shape index (κ3) is 4.52. The maximum atomic E-state index is 11.6. The molecule has 0 spiro atoms. The fourth-order valence-electron chi connectivity index (χ4n) is 2.23. The fourth-order valence-corrected chi connectivity index (χ4v) is 2.23. The number of carbonyl (C=O) groups is 2. The van der Waals surface area contributed by atoms with E-state index in [4.69, 9.17) is 20.5 Å².